The van der Waals surface area contributed by atoms with Gasteiger partial charge < -0.3 is 25.8 Å². The number of rotatable bonds is 7. The van der Waals surface area contributed by atoms with Crippen molar-refractivity contribution in [2.45, 2.75) is 31.5 Å². The summed E-state index contributed by atoms with van der Waals surface area (Å²) in [6, 6.07) is 8.87. The topological polar surface area (TPSA) is 104 Å². The van der Waals surface area contributed by atoms with Crippen molar-refractivity contribution < 1.29 is 27.4 Å². The molecule has 4 N–H and O–H groups in total. The Morgan fingerprint density at radius 3 is 2.47 bits per heavy atom. The molecule has 8 nitrogen and oxygen atoms in total. The third-order valence-electron chi connectivity index (χ3n) is 5.17. The summed E-state index contributed by atoms with van der Waals surface area (Å²) in [5.74, 6) is -0.779. The van der Waals surface area contributed by atoms with Crippen LogP contribution in [0.3, 0.4) is 0 Å². The molecule has 1 aliphatic rings. The van der Waals surface area contributed by atoms with Crippen molar-refractivity contribution in [3.8, 4) is 22.9 Å². The summed E-state index contributed by atoms with van der Waals surface area (Å²) in [6.07, 6.45) is -0.263. The van der Waals surface area contributed by atoms with Crippen molar-refractivity contribution in [2.75, 3.05) is 37.3 Å². The lowest BCUT2D eigenvalue weighted by molar-refractivity contribution is -0.198. The van der Waals surface area contributed by atoms with E-state index < -0.39 is 24.6 Å². The fraction of sp³-hybridized carbons (Fsp3) is 0.375. The third-order valence-corrected chi connectivity index (χ3v) is 5.17. The van der Waals surface area contributed by atoms with Crippen LogP contribution < -0.4 is 20.7 Å². The number of pyridine rings is 1. The van der Waals surface area contributed by atoms with Gasteiger partial charge in [0.05, 0.1) is 16.9 Å². The van der Waals surface area contributed by atoms with Crippen LogP contribution in [0.2, 0.25) is 0 Å². The molecule has 1 unspecified atom stereocenters. The van der Waals surface area contributed by atoms with Gasteiger partial charge in [-0.25, -0.2) is 19.3 Å². The minimum atomic E-state index is -4.82. The Kier molecular flexibility index (Phi) is 9.77. The molecule has 194 valence electrons. The van der Waals surface area contributed by atoms with E-state index >= 15 is 0 Å². The Balaban J connectivity index is 0.000000526. The average Bonchev–Trinajstić information content (AvgIpc) is 2.90. The number of ether oxygens (including phenoxy) is 1. The Morgan fingerprint density at radius 1 is 1.06 bits per heavy atom. The summed E-state index contributed by atoms with van der Waals surface area (Å²) in [5.41, 5.74) is 0.676. The maximum atomic E-state index is 14.7. The van der Waals surface area contributed by atoms with E-state index in [4.69, 9.17) is 9.84 Å². The SMILES string of the molecule is C1CCNCC1.CNc1nccc(-c2cccnc2Oc2cccc(NCC(O)C(F)(F)F)c2F)n1. The number of nitrogens with one attached hydrogen (secondary N) is 3. The monoisotopic (exact) mass is 508 g/mol. The number of nitrogens with zero attached hydrogens (tertiary/aromatic N) is 3. The molecule has 0 amide bonds. The molecule has 3 heterocycles. The van der Waals surface area contributed by atoms with Crippen LogP contribution in [0.4, 0.5) is 29.2 Å². The van der Waals surface area contributed by atoms with E-state index in [2.05, 4.69) is 30.9 Å². The van der Waals surface area contributed by atoms with E-state index in [1.807, 2.05) is 0 Å². The van der Waals surface area contributed by atoms with E-state index in [1.165, 1.54) is 62.9 Å². The predicted octanol–water partition coefficient (Wildman–Crippen LogP) is 4.61. The number of hydrogen-bond donors (Lipinski definition) is 4. The Hall–Kier alpha value is -3.51. The molecule has 1 aromatic carbocycles. The minimum absolute atomic E-state index is 0.0460. The third kappa shape index (κ3) is 7.75. The summed E-state index contributed by atoms with van der Waals surface area (Å²) in [6.45, 7) is 1.59. The highest BCUT2D eigenvalue weighted by atomic mass is 19.4. The second-order valence-electron chi connectivity index (χ2n) is 7.84. The van der Waals surface area contributed by atoms with Crippen LogP contribution >= 0.6 is 0 Å². The first-order valence-corrected chi connectivity index (χ1v) is 11.4. The van der Waals surface area contributed by atoms with E-state index in [1.54, 1.807) is 25.2 Å². The maximum absolute atomic E-state index is 14.7. The first-order valence-electron chi connectivity index (χ1n) is 11.4. The number of benzene rings is 1. The van der Waals surface area contributed by atoms with Gasteiger partial charge in [-0.1, -0.05) is 12.5 Å². The summed E-state index contributed by atoms with van der Waals surface area (Å²) in [5, 5.41) is 17.4. The Morgan fingerprint density at radius 2 is 1.83 bits per heavy atom. The Bertz CT molecular complexity index is 1100. The summed E-state index contributed by atoms with van der Waals surface area (Å²) in [7, 11) is 1.66. The normalized spacial score (nSPS) is 14.3. The van der Waals surface area contributed by atoms with Gasteiger partial charge in [-0.2, -0.15) is 13.2 Å². The molecular weight excluding hydrogens is 480 g/mol. The van der Waals surface area contributed by atoms with Crippen molar-refractivity contribution >= 4 is 11.6 Å². The Labute approximate surface area is 206 Å². The largest absolute Gasteiger partial charge is 0.435 e. The van der Waals surface area contributed by atoms with Crippen molar-refractivity contribution in [1.82, 2.24) is 20.3 Å². The highest BCUT2D eigenvalue weighted by Crippen LogP contribution is 2.33. The minimum Gasteiger partial charge on any atom is -0.435 e. The van der Waals surface area contributed by atoms with Gasteiger partial charge in [0.15, 0.2) is 17.7 Å². The van der Waals surface area contributed by atoms with Crippen molar-refractivity contribution in [3.05, 3.63) is 54.6 Å². The highest BCUT2D eigenvalue weighted by molar-refractivity contribution is 5.66. The van der Waals surface area contributed by atoms with Crippen LogP contribution in [-0.4, -0.2) is 59.0 Å². The van der Waals surface area contributed by atoms with Gasteiger partial charge in [0.1, 0.15) is 0 Å². The number of aromatic nitrogens is 3. The zero-order valence-electron chi connectivity index (χ0n) is 19.6. The van der Waals surface area contributed by atoms with Gasteiger partial charge in [-0.05, 0) is 56.3 Å². The van der Waals surface area contributed by atoms with Gasteiger partial charge >= 0.3 is 6.18 Å². The molecule has 1 atom stereocenters. The quantitative estimate of drug-likeness (QED) is 0.343. The summed E-state index contributed by atoms with van der Waals surface area (Å²) in [4.78, 5) is 12.4. The number of alkyl halides is 3. The fourth-order valence-electron chi connectivity index (χ4n) is 3.25. The van der Waals surface area contributed by atoms with Crippen LogP contribution in [0.5, 0.6) is 11.6 Å². The number of halogens is 4. The predicted molar refractivity (Wildman–Crippen MR) is 129 cm³/mol. The number of aliphatic hydroxyl groups is 1. The summed E-state index contributed by atoms with van der Waals surface area (Å²) >= 11 is 0. The van der Waals surface area contributed by atoms with Crippen LogP contribution in [0.15, 0.2) is 48.8 Å². The van der Waals surface area contributed by atoms with E-state index in [-0.39, 0.29) is 17.3 Å². The lowest BCUT2D eigenvalue weighted by Gasteiger charge is -2.17. The number of aliphatic hydroxyl groups excluding tert-OH is 1. The molecule has 1 aliphatic heterocycles. The van der Waals surface area contributed by atoms with Gasteiger partial charge in [0.2, 0.25) is 11.8 Å². The molecule has 3 aromatic rings. The second-order valence-corrected chi connectivity index (χ2v) is 7.84. The van der Waals surface area contributed by atoms with Crippen molar-refractivity contribution in [2.24, 2.45) is 0 Å². The van der Waals surface area contributed by atoms with Crippen LogP contribution in [0.25, 0.3) is 11.3 Å². The molecule has 0 spiro atoms. The summed E-state index contributed by atoms with van der Waals surface area (Å²) < 4.78 is 57.7. The molecule has 2 aromatic heterocycles. The molecular formula is C24H28F4N6O2. The maximum Gasteiger partial charge on any atom is 0.416 e. The van der Waals surface area contributed by atoms with Gasteiger partial charge in [-0.15, -0.1) is 0 Å². The fourth-order valence-corrected chi connectivity index (χ4v) is 3.25. The molecule has 12 heteroatoms. The van der Waals surface area contributed by atoms with E-state index in [0.717, 1.165) is 0 Å². The first kappa shape index (κ1) is 27.1. The number of anilines is 2. The molecule has 0 bridgehead atoms. The zero-order chi connectivity index (χ0) is 26.0. The van der Waals surface area contributed by atoms with E-state index in [0.29, 0.717) is 17.2 Å². The number of piperidine rings is 1. The molecule has 36 heavy (non-hydrogen) atoms. The van der Waals surface area contributed by atoms with Crippen LogP contribution in [-0.2, 0) is 0 Å². The van der Waals surface area contributed by atoms with Gasteiger partial charge in [0, 0.05) is 26.0 Å². The smallest absolute Gasteiger partial charge is 0.416 e. The van der Waals surface area contributed by atoms with Gasteiger partial charge in [0.25, 0.3) is 0 Å². The molecule has 0 radical (unpaired) electrons. The molecule has 1 fully saturated rings. The van der Waals surface area contributed by atoms with Gasteiger partial charge in [-0.3, -0.25) is 0 Å². The molecule has 4 rings (SSSR count). The average molecular weight is 509 g/mol. The molecule has 0 aliphatic carbocycles. The molecule has 0 saturated carbocycles. The van der Waals surface area contributed by atoms with E-state index in [9.17, 15) is 17.6 Å². The lowest BCUT2D eigenvalue weighted by Crippen LogP contribution is -2.35. The lowest BCUT2D eigenvalue weighted by atomic mass is 10.2. The highest BCUT2D eigenvalue weighted by Gasteiger charge is 2.38. The van der Waals surface area contributed by atoms with Crippen molar-refractivity contribution in [3.63, 3.8) is 0 Å². The van der Waals surface area contributed by atoms with Crippen LogP contribution in [0.1, 0.15) is 19.3 Å². The first-order chi connectivity index (χ1) is 17.3. The molecule has 1 saturated heterocycles. The standard InChI is InChI=1S/C19H17F4N5O2.C5H11N/c1-24-18-26-9-7-12(28-18)11-4-3-8-25-17(11)30-14-6-2-5-13(16(14)20)27-10-15(29)19(21,22)23;1-2-4-6-5-3-1/h2-9,15,27,29H,10H2,1H3,(H,24,26,28);6H,1-5H2. The second kappa shape index (κ2) is 13.0. The zero-order valence-corrected chi connectivity index (χ0v) is 19.6. The van der Waals surface area contributed by atoms with Crippen molar-refractivity contribution in [1.29, 1.82) is 0 Å². The number of hydrogen-bond acceptors (Lipinski definition) is 8. The van der Waals surface area contributed by atoms with Crippen LogP contribution in [0, 0.1) is 5.82 Å².